The minimum Gasteiger partial charge on any atom is -0.507 e. The Morgan fingerprint density at radius 1 is 1.22 bits per heavy atom. The minimum absolute atomic E-state index is 0.184. The molecule has 0 fully saturated rings. The molecule has 23 heavy (non-hydrogen) atoms. The first-order valence-corrected chi connectivity index (χ1v) is 8.41. The molecule has 0 aliphatic rings. The zero-order valence-electron chi connectivity index (χ0n) is 13.3. The molecule has 0 amide bonds. The number of phenolic OH excluding ortho intramolecular Hbond substituents is 1. The molecular formula is C18H21N3OS. The van der Waals surface area contributed by atoms with E-state index < -0.39 is 0 Å². The summed E-state index contributed by atoms with van der Waals surface area (Å²) in [5.41, 5.74) is 8.80. The molecule has 5 heteroatoms. The van der Waals surface area contributed by atoms with E-state index in [1.54, 1.807) is 6.07 Å². The summed E-state index contributed by atoms with van der Waals surface area (Å²) in [5, 5.41) is 18.2. The topological polar surface area (TPSA) is 71.0 Å². The average molecular weight is 327 g/mol. The number of hydrogen-bond donors (Lipinski definition) is 2. The van der Waals surface area contributed by atoms with Gasteiger partial charge in [-0.1, -0.05) is 62.0 Å². The molecule has 0 aliphatic heterocycles. The van der Waals surface area contributed by atoms with Gasteiger partial charge >= 0.3 is 0 Å². The van der Waals surface area contributed by atoms with Gasteiger partial charge in [0.15, 0.2) is 5.17 Å². The smallest absolute Gasteiger partial charge is 0.180 e. The van der Waals surface area contributed by atoms with E-state index in [-0.39, 0.29) is 5.75 Å². The third kappa shape index (κ3) is 5.45. The van der Waals surface area contributed by atoms with Crippen molar-refractivity contribution in [3.63, 3.8) is 0 Å². The summed E-state index contributed by atoms with van der Waals surface area (Å²) >= 11 is 1.43. The van der Waals surface area contributed by atoms with Crippen LogP contribution in [0.15, 0.2) is 58.7 Å². The molecule has 0 aliphatic carbocycles. The van der Waals surface area contributed by atoms with Crippen molar-refractivity contribution in [1.29, 1.82) is 0 Å². The molecule has 0 bridgehead atoms. The Morgan fingerprint density at radius 2 is 1.96 bits per heavy atom. The van der Waals surface area contributed by atoms with Gasteiger partial charge in [0, 0.05) is 11.3 Å². The lowest BCUT2D eigenvalue weighted by Crippen LogP contribution is -2.06. The third-order valence-corrected chi connectivity index (χ3v) is 4.16. The van der Waals surface area contributed by atoms with Crippen LogP contribution in [0.4, 0.5) is 0 Å². The van der Waals surface area contributed by atoms with Gasteiger partial charge in [-0.05, 0) is 29.2 Å². The molecule has 4 nitrogen and oxygen atoms in total. The van der Waals surface area contributed by atoms with Crippen LogP contribution in [-0.4, -0.2) is 16.5 Å². The number of aromatic hydroxyl groups is 1. The second kappa shape index (κ2) is 8.39. The van der Waals surface area contributed by atoms with E-state index in [1.807, 2.05) is 42.5 Å². The Morgan fingerprint density at radius 3 is 2.65 bits per heavy atom. The van der Waals surface area contributed by atoms with Crippen molar-refractivity contribution in [2.45, 2.75) is 25.5 Å². The van der Waals surface area contributed by atoms with Crippen LogP contribution in [0, 0.1) is 0 Å². The number of nitrogens with two attached hydrogens (primary N) is 1. The highest BCUT2D eigenvalue weighted by molar-refractivity contribution is 8.13. The summed E-state index contributed by atoms with van der Waals surface area (Å²) in [6, 6.07) is 15.5. The molecule has 120 valence electrons. The third-order valence-electron chi connectivity index (χ3n) is 3.30. The van der Waals surface area contributed by atoms with Crippen molar-refractivity contribution in [3.8, 4) is 5.75 Å². The number of phenols is 1. The van der Waals surface area contributed by atoms with Gasteiger partial charge in [0.2, 0.25) is 0 Å². The van der Waals surface area contributed by atoms with Crippen molar-refractivity contribution in [2.75, 3.05) is 0 Å². The van der Waals surface area contributed by atoms with Crippen LogP contribution in [0.5, 0.6) is 5.75 Å². The summed E-state index contributed by atoms with van der Waals surface area (Å²) in [5.74, 6) is 1.32. The molecule has 0 unspecified atom stereocenters. The fourth-order valence-corrected chi connectivity index (χ4v) is 2.56. The summed E-state index contributed by atoms with van der Waals surface area (Å²) in [7, 11) is 0. The largest absolute Gasteiger partial charge is 0.507 e. The maximum atomic E-state index is 9.86. The second-order valence-corrected chi connectivity index (χ2v) is 6.43. The first-order valence-electron chi connectivity index (χ1n) is 7.42. The highest BCUT2D eigenvalue weighted by Gasteiger charge is 2.03. The number of nitrogens with zero attached hydrogens (tertiary/aromatic N) is 2. The SMILES string of the molecule is CC(C)c1ccc(O)c(C=NN=C(N)SCc2ccccc2)c1. The van der Waals surface area contributed by atoms with Gasteiger partial charge in [0.1, 0.15) is 5.75 Å². The van der Waals surface area contributed by atoms with Crippen LogP contribution >= 0.6 is 11.8 Å². The number of rotatable bonds is 5. The number of thioether (sulfide) groups is 1. The number of amidine groups is 1. The Bertz CT molecular complexity index is 697. The molecule has 0 saturated heterocycles. The predicted molar refractivity (Wildman–Crippen MR) is 99.1 cm³/mol. The monoisotopic (exact) mass is 327 g/mol. The fraction of sp³-hybridized carbons (Fsp3) is 0.222. The van der Waals surface area contributed by atoms with Gasteiger partial charge in [0.25, 0.3) is 0 Å². The molecule has 2 rings (SSSR count). The molecule has 2 aromatic rings. The second-order valence-electron chi connectivity index (χ2n) is 5.43. The van der Waals surface area contributed by atoms with Crippen LogP contribution in [-0.2, 0) is 5.75 Å². The van der Waals surface area contributed by atoms with E-state index >= 15 is 0 Å². The molecule has 0 radical (unpaired) electrons. The van der Waals surface area contributed by atoms with E-state index in [0.29, 0.717) is 16.6 Å². The molecule has 0 spiro atoms. The fourth-order valence-electron chi connectivity index (χ4n) is 1.94. The molecule has 0 aromatic heterocycles. The van der Waals surface area contributed by atoms with Crippen molar-refractivity contribution >= 4 is 23.1 Å². The Balaban J connectivity index is 1.98. The molecule has 3 N–H and O–H groups in total. The maximum Gasteiger partial charge on any atom is 0.180 e. The lowest BCUT2D eigenvalue weighted by Gasteiger charge is -2.06. The van der Waals surface area contributed by atoms with E-state index in [2.05, 4.69) is 24.1 Å². The van der Waals surface area contributed by atoms with Crippen molar-refractivity contribution in [2.24, 2.45) is 15.9 Å². The molecule has 0 heterocycles. The Hall–Kier alpha value is -2.27. The van der Waals surface area contributed by atoms with Crippen LogP contribution < -0.4 is 5.73 Å². The zero-order valence-corrected chi connectivity index (χ0v) is 14.1. The Labute approximate surface area is 141 Å². The highest BCUT2D eigenvalue weighted by atomic mass is 32.2. The van der Waals surface area contributed by atoms with Crippen LogP contribution in [0.1, 0.15) is 36.5 Å². The van der Waals surface area contributed by atoms with Gasteiger partial charge < -0.3 is 10.8 Å². The summed E-state index contributed by atoms with van der Waals surface area (Å²) in [6.07, 6.45) is 1.52. The lowest BCUT2D eigenvalue weighted by atomic mass is 10.0. The Kier molecular flexibility index (Phi) is 6.23. The van der Waals surface area contributed by atoms with E-state index in [0.717, 1.165) is 11.3 Å². The van der Waals surface area contributed by atoms with E-state index in [9.17, 15) is 5.11 Å². The van der Waals surface area contributed by atoms with Crippen LogP contribution in [0.25, 0.3) is 0 Å². The zero-order chi connectivity index (χ0) is 16.7. The van der Waals surface area contributed by atoms with E-state index in [4.69, 9.17) is 5.73 Å². The van der Waals surface area contributed by atoms with Gasteiger partial charge in [-0.2, -0.15) is 5.10 Å². The average Bonchev–Trinajstić information content (AvgIpc) is 2.55. The summed E-state index contributed by atoms with van der Waals surface area (Å²) < 4.78 is 0. The summed E-state index contributed by atoms with van der Waals surface area (Å²) in [6.45, 7) is 4.20. The molecule has 2 aromatic carbocycles. The van der Waals surface area contributed by atoms with Gasteiger partial charge in [-0.15, -0.1) is 5.10 Å². The predicted octanol–water partition coefficient (Wildman–Crippen LogP) is 4.10. The molecular weight excluding hydrogens is 306 g/mol. The number of benzene rings is 2. The molecule has 0 atom stereocenters. The van der Waals surface area contributed by atoms with E-state index in [1.165, 1.54) is 23.5 Å². The summed E-state index contributed by atoms with van der Waals surface area (Å²) in [4.78, 5) is 0. The quantitative estimate of drug-likeness (QED) is 0.493. The molecule has 0 saturated carbocycles. The van der Waals surface area contributed by atoms with Gasteiger partial charge in [-0.3, -0.25) is 0 Å². The van der Waals surface area contributed by atoms with Crippen LogP contribution in [0.3, 0.4) is 0 Å². The lowest BCUT2D eigenvalue weighted by molar-refractivity contribution is 0.474. The maximum absolute atomic E-state index is 9.86. The first kappa shape index (κ1) is 17.1. The van der Waals surface area contributed by atoms with Crippen molar-refractivity contribution in [1.82, 2.24) is 0 Å². The highest BCUT2D eigenvalue weighted by Crippen LogP contribution is 2.22. The van der Waals surface area contributed by atoms with Gasteiger partial charge in [-0.25, -0.2) is 0 Å². The normalized spacial score (nSPS) is 12.2. The minimum atomic E-state index is 0.184. The van der Waals surface area contributed by atoms with Crippen molar-refractivity contribution < 1.29 is 5.11 Å². The standard InChI is InChI=1S/C18H21N3OS/c1-13(2)15-8-9-17(22)16(10-15)11-20-21-18(19)23-12-14-6-4-3-5-7-14/h3-11,13,22H,12H2,1-2H3,(H2,19,21). The number of hydrogen-bond acceptors (Lipinski definition) is 4. The van der Waals surface area contributed by atoms with Gasteiger partial charge in [0.05, 0.1) is 6.21 Å². The van der Waals surface area contributed by atoms with Crippen LogP contribution in [0.2, 0.25) is 0 Å². The van der Waals surface area contributed by atoms with Crippen molar-refractivity contribution in [3.05, 3.63) is 65.2 Å². The first-order chi connectivity index (χ1) is 11.1.